The quantitative estimate of drug-likeness (QED) is 0.651. The number of fused-ring (bicyclic) bond motifs is 3. The van der Waals surface area contributed by atoms with E-state index < -0.39 is 17.5 Å². The summed E-state index contributed by atoms with van der Waals surface area (Å²) in [5.74, 6) is -0.751. The number of carbonyl (C=O) groups excluding carboxylic acids is 3. The molecule has 1 aliphatic heterocycles. The Kier molecular flexibility index (Phi) is 4.09. The average molecular weight is 406 g/mol. The average Bonchev–Trinajstić information content (AvgIpc) is 3.38. The van der Waals surface area contributed by atoms with Crippen molar-refractivity contribution in [2.24, 2.45) is 0 Å². The first-order valence-corrected chi connectivity index (χ1v) is 10.2. The van der Waals surface area contributed by atoms with Gasteiger partial charge in [-0.15, -0.1) is 11.3 Å². The summed E-state index contributed by atoms with van der Waals surface area (Å²) in [4.78, 5) is 43.5. The van der Waals surface area contributed by atoms with E-state index in [1.54, 1.807) is 0 Å². The van der Waals surface area contributed by atoms with E-state index in [0.29, 0.717) is 6.42 Å². The molecule has 1 saturated heterocycles. The van der Waals surface area contributed by atoms with Crippen LogP contribution in [-0.2, 0) is 28.1 Å². The molecule has 2 aliphatic rings. The van der Waals surface area contributed by atoms with Crippen LogP contribution in [0.25, 0.3) is 10.2 Å². The third-order valence-electron chi connectivity index (χ3n) is 5.50. The second kappa shape index (κ2) is 6.66. The Bertz CT molecular complexity index is 1120. The van der Waals surface area contributed by atoms with Crippen molar-refractivity contribution in [2.45, 2.75) is 24.9 Å². The van der Waals surface area contributed by atoms with Crippen molar-refractivity contribution in [3.05, 3.63) is 64.7 Å². The molecule has 2 N–H and O–H groups in total. The number of hydrogen-bond donors (Lipinski definition) is 2. The van der Waals surface area contributed by atoms with E-state index >= 15 is 0 Å². The number of para-hydroxylation sites is 1. The zero-order chi connectivity index (χ0) is 20.0. The Morgan fingerprint density at radius 1 is 1.17 bits per heavy atom. The van der Waals surface area contributed by atoms with E-state index in [2.05, 4.69) is 15.6 Å². The highest BCUT2D eigenvalue weighted by molar-refractivity contribution is 7.18. The fourth-order valence-corrected chi connectivity index (χ4v) is 5.01. The van der Waals surface area contributed by atoms with Gasteiger partial charge in [0.1, 0.15) is 17.1 Å². The minimum atomic E-state index is -1.04. The maximum absolute atomic E-state index is 13.1. The van der Waals surface area contributed by atoms with Gasteiger partial charge in [0.05, 0.1) is 16.8 Å². The Labute approximate surface area is 170 Å². The molecule has 8 heteroatoms. The number of urea groups is 1. The lowest BCUT2D eigenvalue weighted by Crippen LogP contribution is -2.43. The number of carbonyl (C=O) groups is 3. The molecule has 1 atom stereocenters. The number of amides is 4. The minimum absolute atomic E-state index is 0.260. The SMILES string of the molecule is O=C(CN1C(=O)NC2(CCc3ccccc32)C1=O)NCc1nc2ccccc2s1. The second-order valence-electron chi connectivity index (χ2n) is 7.24. The van der Waals surface area contributed by atoms with Crippen molar-refractivity contribution >= 4 is 39.4 Å². The largest absolute Gasteiger partial charge is 0.348 e. The van der Waals surface area contributed by atoms with Crippen molar-refractivity contribution in [3.8, 4) is 0 Å². The number of benzene rings is 2. The standard InChI is InChI=1S/C21H18N4O3S/c26-17(22-11-18-23-15-7-3-4-8-16(15)29-18)12-25-19(27)21(24-20(25)28)10-9-13-5-1-2-6-14(13)21/h1-8H,9-12H2,(H,22,26)(H,24,28). The molecule has 2 heterocycles. The molecule has 2 aromatic carbocycles. The first-order chi connectivity index (χ1) is 14.1. The highest BCUT2D eigenvalue weighted by Crippen LogP contribution is 2.41. The van der Waals surface area contributed by atoms with Gasteiger partial charge in [0.15, 0.2) is 0 Å². The van der Waals surface area contributed by atoms with Crippen molar-refractivity contribution in [1.82, 2.24) is 20.5 Å². The first kappa shape index (κ1) is 17.8. The monoisotopic (exact) mass is 406 g/mol. The van der Waals surface area contributed by atoms with E-state index in [0.717, 1.165) is 37.7 Å². The summed E-state index contributed by atoms with van der Waals surface area (Å²) >= 11 is 1.50. The van der Waals surface area contributed by atoms with Crippen LogP contribution >= 0.6 is 11.3 Å². The number of thiazole rings is 1. The summed E-state index contributed by atoms with van der Waals surface area (Å²) in [5.41, 5.74) is 1.73. The highest BCUT2D eigenvalue weighted by atomic mass is 32.1. The zero-order valence-electron chi connectivity index (χ0n) is 15.5. The van der Waals surface area contributed by atoms with Crippen molar-refractivity contribution in [2.75, 3.05) is 6.54 Å². The van der Waals surface area contributed by atoms with Gasteiger partial charge in [-0.25, -0.2) is 9.78 Å². The van der Waals surface area contributed by atoms with Crippen LogP contribution in [0.5, 0.6) is 0 Å². The number of imide groups is 1. The number of rotatable bonds is 4. The molecule has 29 heavy (non-hydrogen) atoms. The van der Waals surface area contributed by atoms with Gasteiger partial charge < -0.3 is 10.6 Å². The molecule has 1 spiro atoms. The third kappa shape index (κ3) is 2.87. The lowest BCUT2D eigenvalue weighted by Gasteiger charge is -2.22. The molecule has 0 radical (unpaired) electrons. The van der Waals surface area contributed by atoms with Gasteiger partial charge in [-0.3, -0.25) is 14.5 Å². The summed E-state index contributed by atoms with van der Waals surface area (Å²) in [6, 6.07) is 14.9. The van der Waals surface area contributed by atoms with Gasteiger partial charge in [0, 0.05) is 0 Å². The van der Waals surface area contributed by atoms with Crippen molar-refractivity contribution in [3.63, 3.8) is 0 Å². The Balaban J connectivity index is 1.27. The Hall–Kier alpha value is -3.26. The van der Waals surface area contributed by atoms with Gasteiger partial charge in [-0.2, -0.15) is 0 Å². The number of nitrogens with zero attached hydrogens (tertiary/aromatic N) is 2. The fraction of sp³-hybridized carbons (Fsp3) is 0.238. The van der Waals surface area contributed by atoms with Crippen molar-refractivity contribution in [1.29, 1.82) is 0 Å². The molecule has 1 aliphatic carbocycles. The highest BCUT2D eigenvalue weighted by Gasteiger charge is 2.55. The van der Waals surface area contributed by atoms with Gasteiger partial charge >= 0.3 is 6.03 Å². The summed E-state index contributed by atoms with van der Waals surface area (Å²) in [5, 5.41) is 6.37. The first-order valence-electron chi connectivity index (χ1n) is 9.40. The summed E-state index contributed by atoms with van der Waals surface area (Å²) in [6.45, 7) is -0.0463. The minimum Gasteiger partial charge on any atom is -0.348 e. The molecule has 7 nitrogen and oxygen atoms in total. The fourth-order valence-electron chi connectivity index (χ4n) is 4.10. The molecule has 1 unspecified atom stereocenters. The summed E-state index contributed by atoms with van der Waals surface area (Å²) < 4.78 is 1.05. The van der Waals surface area contributed by atoms with E-state index in [1.165, 1.54) is 11.3 Å². The summed E-state index contributed by atoms with van der Waals surface area (Å²) in [7, 11) is 0. The molecule has 3 aromatic rings. The predicted octanol–water partition coefficient (Wildman–Crippen LogP) is 2.31. The molecule has 0 bridgehead atoms. The molecular formula is C21H18N4O3S. The van der Waals surface area contributed by atoms with Crippen LogP contribution in [-0.4, -0.2) is 34.3 Å². The van der Waals surface area contributed by atoms with Gasteiger partial charge in [-0.05, 0) is 36.1 Å². The van der Waals surface area contributed by atoms with Crippen LogP contribution in [0.2, 0.25) is 0 Å². The van der Waals surface area contributed by atoms with Crippen LogP contribution in [0.15, 0.2) is 48.5 Å². The van der Waals surface area contributed by atoms with Gasteiger partial charge in [0.2, 0.25) is 5.91 Å². The Morgan fingerprint density at radius 3 is 2.83 bits per heavy atom. The van der Waals surface area contributed by atoms with Gasteiger partial charge in [-0.1, -0.05) is 36.4 Å². The lowest BCUT2D eigenvalue weighted by atomic mass is 9.92. The maximum atomic E-state index is 13.1. The maximum Gasteiger partial charge on any atom is 0.325 e. The molecule has 0 saturated carbocycles. The number of nitrogens with one attached hydrogen (secondary N) is 2. The topological polar surface area (TPSA) is 91.4 Å². The number of hydrogen-bond acceptors (Lipinski definition) is 5. The van der Waals surface area contributed by atoms with E-state index in [4.69, 9.17) is 0 Å². The zero-order valence-corrected chi connectivity index (χ0v) is 16.3. The third-order valence-corrected chi connectivity index (χ3v) is 6.54. The predicted molar refractivity (Wildman–Crippen MR) is 108 cm³/mol. The van der Waals surface area contributed by atoms with E-state index in [-0.39, 0.29) is 19.0 Å². The molecule has 1 aromatic heterocycles. The second-order valence-corrected chi connectivity index (χ2v) is 8.35. The summed E-state index contributed by atoms with van der Waals surface area (Å²) in [6.07, 6.45) is 1.24. The smallest absolute Gasteiger partial charge is 0.325 e. The number of aromatic nitrogens is 1. The number of aryl methyl sites for hydroxylation is 1. The Morgan fingerprint density at radius 2 is 1.97 bits per heavy atom. The lowest BCUT2D eigenvalue weighted by molar-refractivity contribution is -0.135. The molecule has 1 fully saturated rings. The van der Waals surface area contributed by atoms with E-state index in [9.17, 15) is 14.4 Å². The van der Waals surface area contributed by atoms with Crippen LogP contribution in [0, 0.1) is 0 Å². The molecule has 4 amide bonds. The van der Waals surface area contributed by atoms with Crippen LogP contribution in [0.1, 0.15) is 22.6 Å². The molecular weight excluding hydrogens is 388 g/mol. The normalized spacial score (nSPS) is 20.3. The van der Waals surface area contributed by atoms with Crippen molar-refractivity contribution < 1.29 is 14.4 Å². The van der Waals surface area contributed by atoms with Crippen LogP contribution in [0.3, 0.4) is 0 Å². The molecule has 5 rings (SSSR count). The van der Waals surface area contributed by atoms with Crippen LogP contribution in [0.4, 0.5) is 4.79 Å². The van der Waals surface area contributed by atoms with Gasteiger partial charge in [0.25, 0.3) is 5.91 Å². The molecule has 146 valence electrons. The van der Waals surface area contributed by atoms with Crippen LogP contribution < -0.4 is 10.6 Å². The van der Waals surface area contributed by atoms with E-state index in [1.807, 2.05) is 48.5 Å².